The van der Waals surface area contributed by atoms with E-state index in [0.29, 0.717) is 24.3 Å². The minimum absolute atomic E-state index is 0.0674. The lowest BCUT2D eigenvalue weighted by atomic mass is 9.98. The van der Waals surface area contributed by atoms with Gasteiger partial charge < -0.3 is 19.7 Å². The van der Waals surface area contributed by atoms with E-state index in [1.807, 2.05) is 17.0 Å². The fourth-order valence-corrected chi connectivity index (χ4v) is 3.62. The summed E-state index contributed by atoms with van der Waals surface area (Å²) in [5.74, 6) is 1.69. The number of aromatic nitrogens is 2. The van der Waals surface area contributed by atoms with Gasteiger partial charge in [-0.1, -0.05) is 0 Å². The number of hydrogen-bond donors (Lipinski definition) is 1. The number of piperidine rings is 1. The number of nitrogens with zero attached hydrogens (tertiary/aromatic N) is 3. The zero-order valence-corrected chi connectivity index (χ0v) is 15.2. The summed E-state index contributed by atoms with van der Waals surface area (Å²) in [4.78, 5) is 14.3. The van der Waals surface area contributed by atoms with Crippen molar-refractivity contribution in [3.05, 3.63) is 17.8 Å². The van der Waals surface area contributed by atoms with Gasteiger partial charge in [-0.25, -0.2) is 4.79 Å². The summed E-state index contributed by atoms with van der Waals surface area (Å²) in [6.45, 7) is 3.71. The van der Waals surface area contributed by atoms with Gasteiger partial charge in [0.05, 0.1) is 12.3 Å². The van der Waals surface area contributed by atoms with Crippen molar-refractivity contribution in [2.75, 3.05) is 32.9 Å². The summed E-state index contributed by atoms with van der Waals surface area (Å²) >= 11 is 0. The molecule has 1 aromatic rings. The van der Waals surface area contributed by atoms with E-state index in [4.69, 9.17) is 9.47 Å². The Bertz CT molecular complexity index is 591. The van der Waals surface area contributed by atoms with E-state index in [2.05, 4.69) is 15.5 Å². The topological polar surface area (TPSA) is 76.6 Å². The van der Waals surface area contributed by atoms with Crippen LogP contribution in [0.2, 0.25) is 0 Å². The van der Waals surface area contributed by atoms with Gasteiger partial charge in [0.2, 0.25) is 5.88 Å². The van der Waals surface area contributed by atoms with Crippen molar-refractivity contribution in [1.82, 2.24) is 20.4 Å². The molecule has 0 spiro atoms. The highest BCUT2D eigenvalue weighted by Gasteiger charge is 2.26. The SMILES string of the molecule is O=C(NC1CCOCC1)N1CCC(COc2ccc(C3CC3)nn2)CC1. The molecular weight excluding hydrogens is 332 g/mol. The summed E-state index contributed by atoms with van der Waals surface area (Å²) in [7, 11) is 0. The second-order valence-corrected chi connectivity index (χ2v) is 7.65. The van der Waals surface area contributed by atoms with Gasteiger partial charge in [-0.2, -0.15) is 5.10 Å². The van der Waals surface area contributed by atoms with E-state index in [0.717, 1.165) is 57.7 Å². The fourth-order valence-electron chi connectivity index (χ4n) is 3.62. The van der Waals surface area contributed by atoms with Gasteiger partial charge in [0, 0.05) is 44.3 Å². The first-order chi connectivity index (χ1) is 12.8. The van der Waals surface area contributed by atoms with Crippen LogP contribution < -0.4 is 10.1 Å². The molecule has 3 fully saturated rings. The summed E-state index contributed by atoms with van der Waals surface area (Å²) in [5.41, 5.74) is 1.08. The monoisotopic (exact) mass is 360 g/mol. The van der Waals surface area contributed by atoms with E-state index in [-0.39, 0.29) is 12.1 Å². The van der Waals surface area contributed by atoms with Crippen LogP contribution in [-0.4, -0.2) is 60.1 Å². The molecule has 0 radical (unpaired) electrons. The van der Waals surface area contributed by atoms with E-state index < -0.39 is 0 Å². The molecule has 0 aromatic carbocycles. The normalized spacial score (nSPS) is 22.2. The van der Waals surface area contributed by atoms with Gasteiger partial charge in [-0.15, -0.1) is 5.10 Å². The highest BCUT2D eigenvalue weighted by molar-refractivity contribution is 5.74. The minimum atomic E-state index is 0.0674. The second-order valence-electron chi connectivity index (χ2n) is 7.65. The van der Waals surface area contributed by atoms with E-state index >= 15 is 0 Å². The predicted octanol–water partition coefficient (Wildman–Crippen LogP) is 2.33. The Kier molecular flexibility index (Phi) is 5.53. The van der Waals surface area contributed by atoms with Crippen molar-refractivity contribution in [2.45, 2.75) is 50.5 Å². The van der Waals surface area contributed by atoms with Gasteiger partial charge in [0.1, 0.15) is 0 Å². The first kappa shape index (κ1) is 17.5. The quantitative estimate of drug-likeness (QED) is 0.872. The number of rotatable bonds is 5. The van der Waals surface area contributed by atoms with Crippen molar-refractivity contribution < 1.29 is 14.3 Å². The zero-order chi connectivity index (χ0) is 17.8. The molecule has 7 heteroatoms. The lowest BCUT2D eigenvalue weighted by molar-refractivity contribution is 0.0765. The van der Waals surface area contributed by atoms with E-state index in [1.54, 1.807) is 0 Å². The maximum absolute atomic E-state index is 12.4. The molecule has 3 heterocycles. The Balaban J connectivity index is 1.16. The number of carbonyl (C=O) groups excluding carboxylic acids is 1. The molecule has 2 amide bonds. The van der Waals surface area contributed by atoms with Crippen molar-refractivity contribution in [3.63, 3.8) is 0 Å². The molecule has 142 valence electrons. The zero-order valence-electron chi connectivity index (χ0n) is 15.2. The first-order valence-electron chi connectivity index (χ1n) is 9.87. The average Bonchev–Trinajstić information content (AvgIpc) is 3.53. The lowest BCUT2D eigenvalue weighted by Crippen LogP contribution is -2.49. The Labute approximate surface area is 154 Å². The van der Waals surface area contributed by atoms with Crippen LogP contribution in [0.3, 0.4) is 0 Å². The first-order valence-corrected chi connectivity index (χ1v) is 9.87. The van der Waals surface area contributed by atoms with Crippen LogP contribution >= 0.6 is 0 Å². The number of likely N-dealkylation sites (tertiary alicyclic amines) is 1. The molecule has 4 rings (SSSR count). The van der Waals surface area contributed by atoms with Crippen LogP contribution in [-0.2, 0) is 4.74 Å². The van der Waals surface area contributed by atoms with Crippen molar-refractivity contribution >= 4 is 6.03 Å². The number of urea groups is 1. The molecule has 2 saturated heterocycles. The van der Waals surface area contributed by atoms with E-state index in [9.17, 15) is 4.79 Å². The van der Waals surface area contributed by atoms with Crippen molar-refractivity contribution in [2.24, 2.45) is 5.92 Å². The van der Waals surface area contributed by atoms with Gasteiger partial charge in [0.15, 0.2) is 0 Å². The predicted molar refractivity (Wildman–Crippen MR) is 96.2 cm³/mol. The summed E-state index contributed by atoms with van der Waals surface area (Å²) in [6.07, 6.45) is 6.22. The molecule has 0 bridgehead atoms. The van der Waals surface area contributed by atoms with Crippen molar-refractivity contribution in [3.8, 4) is 5.88 Å². The van der Waals surface area contributed by atoms with Crippen LogP contribution in [0.5, 0.6) is 5.88 Å². The molecule has 1 aliphatic carbocycles. The highest BCUT2D eigenvalue weighted by atomic mass is 16.5. The second kappa shape index (κ2) is 8.20. The fraction of sp³-hybridized carbons (Fsp3) is 0.737. The molecule has 3 aliphatic rings. The Hall–Kier alpha value is -1.89. The Morgan fingerprint density at radius 3 is 2.54 bits per heavy atom. The van der Waals surface area contributed by atoms with Crippen LogP contribution in [0.1, 0.15) is 50.1 Å². The number of carbonyl (C=O) groups is 1. The Morgan fingerprint density at radius 1 is 1.12 bits per heavy atom. The van der Waals surface area contributed by atoms with Gasteiger partial charge in [0.25, 0.3) is 0 Å². The van der Waals surface area contributed by atoms with Crippen LogP contribution in [0.4, 0.5) is 4.79 Å². The Morgan fingerprint density at radius 2 is 1.88 bits per heavy atom. The standard InChI is InChI=1S/C19H28N4O3/c24-19(20-16-7-11-25-12-8-16)23-9-5-14(6-10-23)13-26-18-4-3-17(21-22-18)15-1-2-15/h3-4,14-16H,1-2,5-13H2,(H,20,24). The number of amides is 2. The number of hydrogen-bond acceptors (Lipinski definition) is 5. The molecule has 26 heavy (non-hydrogen) atoms. The molecule has 0 unspecified atom stereocenters. The number of ether oxygens (including phenoxy) is 2. The summed E-state index contributed by atoms with van der Waals surface area (Å²) < 4.78 is 11.1. The molecule has 7 nitrogen and oxygen atoms in total. The highest BCUT2D eigenvalue weighted by Crippen LogP contribution is 2.38. The number of nitrogens with one attached hydrogen (secondary N) is 1. The maximum Gasteiger partial charge on any atom is 0.317 e. The molecule has 0 atom stereocenters. The van der Waals surface area contributed by atoms with Gasteiger partial charge >= 0.3 is 6.03 Å². The summed E-state index contributed by atoms with van der Waals surface area (Å²) in [5, 5.41) is 11.6. The molecule has 1 saturated carbocycles. The minimum Gasteiger partial charge on any atom is -0.476 e. The maximum atomic E-state index is 12.4. The van der Waals surface area contributed by atoms with Gasteiger partial charge in [-0.3, -0.25) is 0 Å². The van der Waals surface area contributed by atoms with E-state index in [1.165, 1.54) is 12.8 Å². The van der Waals surface area contributed by atoms with Crippen LogP contribution in [0.15, 0.2) is 12.1 Å². The largest absolute Gasteiger partial charge is 0.476 e. The third-order valence-electron chi connectivity index (χ3n) is 5.57. The molecular formula is C19H28N4O3. The summed E-state index contributed by atoms with van der Waals surface area (Å²) in [6, 6.07) is 4.28. The smallest absolute Gasteiger partial charge is 0.317 e. The van der Waals surface area contributed by atoms with Crippen LogP contribution in [0, 0.1) is 5.92 Å². The molecule has 1 N–H and O–H groups in total. The van der Waals surface area contributed by atoms with Crippen molar-refractivity contribution in [1.29, 1.82) is 0 Å². The van der Waals surface area contributed by atoms with Crippen LogP contribution in [0.25, 0.3) is 0 Å². The molecule has 1 aromatic heterocycles. The molecule has 2 aliphatic heterocycles. The third kappa shape index (κ3) is 4.63. The third-order valence-corrected chi connectivity index (χ3v) is 5.57. The lowest BCUT2D eigenvalue weighted by Gasteiger charge is -2.33. The van der Waals surface area contributed by atoms with Gasteiger partial charge in [-0.05, 0) is 50.5 Å². The average molecular weight is 360 g/mol.